The maximum absolute atomic E-state index is 11.0. The molecule has 0 spiro atoms. The number of nitrogens with zero attached hydrogens (tertiary/aromatic N) is 1. The van der Waals surface area contributed by atoms with Crippen molar-refractivity contribution in [2.75, 3.05) is 11.9 Å². The molecule has 0 radical (unpaired) electrons. The van der Waals surface area contributed by atoms with Gasteiger partial charge in [-0.3, -0.25) is 4.79 Å². The molecule has 1 aliphatic carbocycles. The van der Waals surface area contributed by atoms with E-state index >= 15 is 0 Å². The highest BCUT2D eigenvalue weighted by molar-refractivity contribution is 7.16. The number of halogens is 2. The summed E-state index contributed by atoms with van der Waals surface area (Å²) in [5.41, 5.74) is 4.23. The van der Waals surface area contributed by atoms with Crippen LogP contribution in [-0.4, -0.2) is 17.5 Å². The standard InChI is InChI=1S/C26H28Cl2N2O2S/c1-16-25(23-12-11-21(27)14-24(23)28)30-26(33-16)29-13-3-4-22(20-9-10-20)19-7-5-18(6-8-19)15-32-17(2)31/h5-8,11-12,14,20,22H,3-4,9-10,13,15H2,1-2H3,(H,29,30). The number of rotatable bonds is 10. The number of aryl methyl sites for hydroxylation is 1. The van der Waals surface area contributed by atoms with Gasteiger partial charge in [-0.05, 0) is 73.8 Å². The molecule has 1 aromatic heterocycles. The van der Waals surface area contributed by atoms with Crippen molar-refractivity contribution < 1.29 is 9.53 Å². The maximum Gasteiger partial charge on any atom is 0.302 e. The van der Waals surface area contributed by atoms with Crippen molar-refractivity contribution in [3.05, 3.63) is 68.5 Å². The van der Waals surface area contributed by atoms with E-state index in [0.717, 1.165) is 52.1 Å². The van der Waals surface area contributed by atoms with Crippen molar-refractivity contribution >= 4 is 45.6 Å². The smallest absolute Gasteiger partial charge is 0.302 e. The Balaban J connectivity index is 1.32. The molecule has 0 aliphatic heterocycles. The van der Waals surface area contributed by atoms with Crippen LogP contribution in [0.3, 0.4) is 0 Å². The van der Waals surface area contributed by atoms with Crippen LogP contribution in [0, 0.1) is 12.8 Å². The molecule has 1 N–H and O–H groups in total. The number of hydrogen-bond donors (Lipinski definition) is 1. The van der Waals surface area contributed by atoms with Gasteiger partial charge in [0, 0.05) is 28.9 Å². The van der Waals surface area contributed by atoms with Crippen LogP contribution in [0.5, 0.6) is 0 Å². The van der Waals surface area contributed by atoms with Crippen LogP contribution in [0.1, 0.15) is 54.5 Å². The molecule has 1 saturated carbocycles. The van der Waals surface area contributed by atoms with Crippen molar-refractivity contribution in [2.45, 2.75) is 52.1 Å². The summed E-state index contributed by atoms with van der Waals surface area (Å²) >= 11 is 14.1. The Bertz CT molecular complexity index is 1110. The number of carbonyl (C=O) groups excluding carboxylic acids is 1. The zero-order valence-corrected chi connectivity index (χ0v) is 21.2. The average Bonchev–Trinajstić information content (AvgIpc) is 3.55. The van der Waals surface area contributed by atoms with E-state index in [9.17, 15) is 4.79 Å². The maximum atomic E-state index is 11.0. The molecule has 4 rings (SSSR count). The topological polar surface area (TPSA) is 51.2 Å². The van der Waals surface area contributed by atoms with Crippen LogP contribution in [0.4, 0.5) is 5.13 Å². The van der Waals surface area contributed by atoms with Gasteiger partial charge in [0.1, 0.15) is 6.61 Å². The van der Waals surface area contributed by atoms with Crippen molar-refractivity contribution in [3.63, 3.8) is 0 Å². The zero-order chi connectivity index (χ0) is 23.4. The molecular weight excluding hydrogens is 475 g/mol. The van der Waals surface area contributed by atoms with E-state index in [1.807, 2.05) is 12.1 Å². The third kappa shape index (κ3) is 6.50. The lowest BCUT2D eigenvalue weighted by Crippen LogP contribution is -2.07. The van der Waals surface area contributed by atoms with Crippen molar-refractivity contribution in [1.29, 1.82) is 0 Å². The normalized spacial score (nSPS) is 14.2. The number of aromatic nitrogens is 1. The first-order valence-corrected chi connectivity index (χ1v) is 12.9. The summed E-state index contributed by atoms with van der Waals surface area (Å²) in [4.78, 5) is 16.9. The van der Waals surface area contributed by atoms with Crippen LogP contribution in [0.15, 0.2) is 42.5 Å². The number of nitrogens with one attached hydrogen (secondary N) is 1. The second kappa shape index (κ2) is 10.9. The Morgan fingerprint density at radius 2 is 1.97 bits per heavy atom. The fraction of sp³-hybridized carbons (Fsp3) is 0.385. The van der Waals surface area contributed by atoms with Gasteiger partial charge in [0.15, 0.2) is 5.13 Å². The fourth-order valence-corrected chi connectivity index (χ4v) is 5.49. The molecule has 0 amide bonds. The van der Waals surface area contributed by atoms with E-state index in [1.54, 1.807) is 17.4 Å². The Morgan fingerprint density at radius 3 is 2.64 bits per heavy atom. The van der Waals surface area contributed by atoms with Crippen molar-refractivity contribution in [1.82, 2.24) is 4.98 Å². The van der Waals surface area contributed by atoms with Gasteiger partial charge in [0.25, 0.3) is 0 Å². The van der Waals surface area contributed by atoms with E-state index in [-0.39, 0.29) is 5.97 Å². The van der Waals surface area contributed by atoms with Gasteiger partial charge in [-0.1, -0.05) is 47.5 Å². The Hall–Kier alpha value is -2.08. The molecular formula is C26H28Cl2N2O2S. The van der Waals surface area contributed by atoms with Crippen LogP contribution in [-0.2, 0) is 16.1 Å². The molecule has 2 aromatic carbocycles. The number of hydrogen-bond acceptors (Lipinski definition) is 5. The summed E-state index contributed by atoms with van der Waals surface area (Å²) in [6.45, 7) is 4.72. The molecule has 3 aromatic rings. The summed E-state index contributed by atoms with van der Waals surface area (Å²) in [6.07, 6.45) is 4.83. The SMILES string of the molecule is CC(=O)OCc1ccc(C(CCCNc2nc(-c3ccc(Cl)cc3Cl)c(C)s2)C2CC2)cc1. The lowest BCUT2D eigenvalue weighted by molar-refractivity contribution is -0.142. The van der Waals surface area contributed by atoms with Crippen LogP contribution >= 0.6 is 34.5 Å². The van der Waals surface area contributed by atoms with Gasteiger partial charge in [0.2, 0.25) is 0 Å². The van der Waals surface area contributed by atoms with Gasteiger partial charge >= 0.3 is 5.97 Å². The number of carbonyl (C=O) groups is 1. The predicted octanol–water partition coefficient (Wildman–Crippen LogP) is 7.87. The van der Waals surface area contributed by atoms with Gasteiger partial charge < -0.3 is 10.1 Å². The Kier molecular flexibility index (Phi) is 7.94. The lowest BCUT2D eigenvalue weighted by atomic mass is 9.89. The summed E-state index contributed by atoms with van der Waals surface area (Å²) in [5, 5.41) is 5.66. The van der Waals surface area contributed by atoms with Crippen molar-refractivity contribution in [2.24, 2.45) is 5.92 Å². The highest BCUT2D eigenvalue weighted by Crippen LogP contribution is 2.45. The minimum absolute atomic E-state index is 0.249. The van der Waals surface area contributed by atoms with E-state index in [1.165, 1.54) is 25.3 Å². The molecule has 0 bridgehead atoms. The van der Waals surface area contributed by atoms with E-state index < -0.39 is 0 Å². The molecule has 1 unspecified atom stereocenters. The number of anilines is 1. The number of esters is 1. The summed E-state index contributed by atoms with van der Waals surface area (Å²) < 4.78 is 5.09. The Morgan fingerprint density at radius 1 is 1.21 bits per heavy atom. The third-order valence-corrected chi connectivity index (χ3v) is 7.47. The molecule has 1 atom stereocenters. The third-order valence-electron chi connectivity index (χ3n) is 5.99. The van der Waals surface area contributed by atoms with Crippen LogP contribution in [0.2, 0.25) is 10.0 Å². The van der Waals surface area contributed by atoms with E-state index in [2.05, 4.69) is 36.5 Å². The second-order valence-corrected chi connectivity index (χ2v) is 10.6. The van der Waals surface area contributed by atoms with Gasteiger partial charge in [0.05, 0.1) is 10.7 Å². The van der Waals surface area contributed by atoms with Gasteiger partial charge in [-0.2, -0.15) is 0 Å². The van der Waals surface area contributed by atoms with E-state index in [4.69, 9.17) is 32.9 Å². The first kappa shape index (κ1) is 24.1. The molecule has 0 saturated heterocycles. The summed E-state index contributed by atoms with van der Waals surface area (Å²) in [6, 6.07) is 14.1. The highest BCUT2D eigenvalue weighted by Gasteiger charge is 2.31. The molecule has 1 aliphatic rings. The summed E-state index contributed by atoms with van der Waals surface area (Å²) in [5.74, 6) is 1.11. The van der Waals surface area contributed by atoms with Crippen LogP contribution < -0.4 is 5.32 Å². The zero-order valence-electron chi connectivity index (χ0n) is 18.9. The molecule has 33 heavy (non-hydrogen) atoms. The molecule has 174 valence electrons. The molecule has 7 heteroatoms. The predicted molar refractivity (Wildman–Crippen MR) is 137 cm³/mol. The number of benzene rings is 2. The first-order valence-electron chi connectivity index (χ1n) is 11.3. The first-order chi connectivity index (χ1) is 15.9. The van der Waals surface area contributed by atoms with Crippen LogP contribution in [0.25, 0.3) is 11.3 Å². The quantitative estimate of drug-likeness (QED) is 0.226. The average molecular weight is 503 g/mol. The van der Waals surface area contributed by atoms with Crippen molar-refractivity contribution in [3.8, 4) is 11.3 Å². The van der Waals surface area contributed by atoms with Gasteiger partial charge in [-0.25, -0.2) is 4.98 Å². The number of ether oxygens (including phenoxy) is 1. The van der Waals surface area contributed by atoms with E-state index in [0.29, 0.717) is 22.6 Å². The number of thiazole rings is 1. The second-order valence-electron chi connectivity index (χ2n) is 8.58. The largest absolute Gasteiger partial charge is 0.461 e. The lowest BCUT2D eigenvalue weighted by Gasteiger charge is -2.17. The minimum Gasteiger partial charge on any atom is -0.461 e. The summed E-state index contributed by atoms with van der Waals surface area (Å²) in [7, 11) is 0. The highest BCUT2D eigenvalue weighted by atomic mass is 35.5. The van der Waals surface area contributed by atoms with Gasteiger partial charge in [-0.15, -0.1) is 11.3 Å². The fourth-order valence-electron chi connectivity index (χ4n) is 4.14. The monoisotopic (exact) mass is 502 g/mol. The Labute approximate surface area is 209 Å². The molecule has 4 nitrogen and oxygen atoms in total. The molecule has 1 fully saturated rings. The molecule has 1 heterocycles. The minimum atomic E-state index is -0.249.